The quantitative estimate of drug-likeness (QED) is 0.617. The molecule has 3 aromatic rings. The van der Waals surface area contributed by atoms with Crippen molar-refractivity contribution in [1.82, 2.24) is 5.32 Å². The highest BCUT2D eigenvalue weighted by Crippen LogP contribution is 2.44. The van der Waals surface area contributed by atoms with Crippen molar-refractivity contribution in [2.24, 2.45) is 0 Å². The van der Waals surface area contributed by atoms with E-state index in [0.717, 1.165) is 28.3 Å². The molecular formula is C23H19ClFNO3. The third-order valence-electron chi connectivity index (χ3n) is 5.05. The second kappa shape index (κ2) is 8.23. The summed E-state index contributed by atoms with van der Waals surface area (Å²) in [5, 5.41) is 12.9. The fourth-order valence-corrected chi connectivity index (χ4v) is 3.95. The van der Waals surface area contributed by atoms with Crippen molar-refractivity contribution in [2.75, 3.05) is 13.2 Å². The first-order valence-corrected chi connectivity index (χ1v) is 9.63. The lowest BCUT2D eigenvalue weighted by molar-refractivity contribution is 0.128. The molecule has 1 aliphatic carbocycles. The summed E-state index contributed by atoms with van der Waals surface area (Å²) in [7, 11) is 0. The van der Waals surface area contributed by atoms with Crippen molar-refractivity contribution in [1.29, 1.82) is 0 Å². The number of aliphatic hydroxyl groups is 1. The van der Waals surface area contributed by atoms with Crippen LogP contribution in [0.2, 0.25) is 5.02 Å². The van der Waals surface area contributed by atoms with Crippen LogP contribution in [0.15, 0.2) is 66.7 Å². The molecule has 0 saturated heterocycles. The fraction of sp³-hybridized carbons (Fsp3) is 0.174. The van der Waals surface area contributed by atoms with Gasteiger partial charge in [0.05, 0.1) is 12.6 Å². The van der Waals surface area contributed by atoms with Crippen LogP contribution >= 0.6 is 11.6 Å². The van der Waals surface area contributed by atoms with Crippen molar-refractivity contribution in [3.63, 3.8) is 0 Å². The Balaban J connectivity index is 1.38. The first-order valence-electron chi connectivity index (χ1n) is 9.26. The number of nitrogens with one attached hydrogen (secondary N) is 1. The van der Waals surface area contributed by atoms with Crippen LogP contribution < -0.4 is 5.32 Å². The molecule has 0 aliphatic heterocycles. The van der Waals surface area contributed by atoms with Gasteiger partial charge in [0.15, 0.2) is 0 Å². The van der Waals surface area contributed by atoms with E-state index >= 15 is 0 Å². The van der Waals surface area contributed by atoms with E-state index < -0.39 is 18.0 Å². The molecule has 4 rings (SSSR count). The first kappa shape index (κ1) is 19.4. The van der Waals surface area contributed by atoms with Gasteiger partial charge < -0.3 is 15.2 Å². The topological polar surface area (TPSA) is 58.6 Å². The number of amides is 1. The van der Waals surface area contributed by atoms with Crippen LogP contribution in [0.5, 0.6) is 0 Å². The standard InChI is InChI=1S/C23H19ClFNO3/c24-15-9-14(10-16(25)11-15)22(27)12-26-23(28)29-13-21-19-7-3-1-5-17(19)18-6-2-4-8-20(18)21/h1-11,21-22,27H,12-13H2,(H,26,28). The summed E-state index contributed by atoms with van der Waals surface area (Å²) in [6, 6.07) is 19.9. The van der Waals surface area contributed by atoms with Crippen LogP contribution in [0.4, 0.5) is 9.18 Å². The van der Waals surface area contributed by atoms with Gasteiger partial charge in [0.2, 0.25) is 0 Å². The number of fused-ring (bicyclic) bond motifs is 3. The predicted molar refractivity (Wildman–Crippen MR) is 109 cm³/mol. The number of hydrogen-bond donors (Lipinski definition) is 2. The minimum absolute atomic E-state index is 0.0416. The average Bonchev–Trinajstić information content (AvgIpc) is 3.03. The lowest BCUT2D eigenvalue weighted by Gasteiger charge is -2.16. The zero-order valence-electron chi connectivity index (χ0n) is 15.4. The first-order chi connectivity index (χ1) is 14.0. The summed E-state index contributed by atoms with van der Waals surface area (Å²) < 4.78 is 18.8. The molecule has 0 saturated carbocycles. The lowest BCUT2D eigenvalue weighted by atomic mass is 9.98. The maximum atomic E-state index is 13.4. The van der Waals surface area contributed by atoms with Crippen LogP contribution in [0.1, 0.15) is 28.7 Å². The molecule has 2 N–H and O–H groups in total. The Hall–Kier alpha value is -2.89. The van der Waals surface area contributed by atoms with E-state index in [4.69, 9.17) is 16.3 Å². The van der Waals surface area contributed by atoms with Gasteiger partial charge in [0.25, 0.3) is 0 Å². The maximum Gasteiger partial charge on any atom is 0.407 e. The van der Waals surface area contributed by atoms with E-state index in [2.05, 4.69) is 17.4 Å². The van der Waals surface area contributed by atoms with Gasteiger partial charge in [-0.2, -0.15) is 0 Å². The largest absolute Gasteiger partial charge is 0.449 e. The van der Waals surface area contributed by atoms with Crippen LogP contribution in [0, 0.1) is 5.82 Å². The molecule has 0 fully saturated rings. The number of carbonyl (C=O) groups excluding carboxylic acids is 1. The molecule has 0 heterocycles. The minimum Gasteiger partial charge on any atom is -0.449 e. The number of aliphatic hydroxyl groups excluding tert-OH is 1. The molecule has 29 heavy (non-hydrogen) atoms. The van der Waals surface area contributed by atoms with Gasteiger partial charge in [-0.25, -0.2) is 9.18 Å². The summed E-state index contributed by atoms with van der Waals surface area (Å²) in [6.45, 7) is 0.0677. The molecular weight excluding hydrogens is 393 g/mol. The van der Waals surface area contributed by atoms with Crippen molar-refractivity contribution in [3.05, 3.63) is 94.3 Å². The van der Waals surface area contributed by atoms with Crippen LogP contribution in [-0.4, -0.2) is 24.4 Å². The van der Waals surface area contributed by atoms with Crippen LogP contribution in [-0.2, 0) is 4.74 Å². The smallest absolute Gasteiger partial charge is 0.407 e. The lowest BCUT2D eigenvalue weighted by Crippen LogP contribution is -2.30. The Morgan fingerprint density at radius 1 is 1.07 bits per heavy atom. The number of rotatable bonds is 5. The molecule has 1 atom stereocenters. The molecule has 148 valence electrons. The molecule has 0 aromatic heterocycles. The van der Waals surface area contributed by atoms with Gasteiger partial charge in [-0.1, -0.05) is 60.1 Å². The fourth-order valence-electron chi connectivity index (χ4n) is 3.71. The normalized spacial score (nSPS) is 13.5. The van der Waals surface area contributed by atoms with Gasteiger partial charge in [-0.3, -0.25) is 0 Å². The van der Waals surface area contributed by atoms with Gasteiger partial charge in [0.1, 0.15) is 12.4 Å². The number of alkyl carbamates (subject to hydrolysis) is 1. The maximum absolute atomic E-state index is 13.4. The molecule has 6 heteroatoms. The number of ether oxygens (including phenoxy) is 1. The van der Waals surface area contributed by atoms with Crippen LogP contribution in [0.3, 0.4) is 0 Å². The summed E-state index contributed by atoms with van der Waals surface area (Å²) >= 11 is 5.80. The van der Waals surface area contributed by atoms with Gasteiger partial charge in [-0.05, 0) is 46.0 Å². The molecule has 4 nitrogen and oxygen atoms in total. The summed E-state index contributed by atoms with van der Waals surface area (Å²) in [6.07, 6.45) is -1.74. The molecule has 1 unspecified atom stereocenters. The Morgan fingerprint density at radius 3 is 2.31 bits per heavy atom. The summed E-state index contributed by atoms with van der Waals surface area (Å²) in [5.41, 5.74) is 4.83. The number of halogens is 2. The zero-order valence-corrected chi connectivity index (χ0v) is 16.2. The van der Waals surface area contributed by atoms with E-state index in [1.165, 1.54) is 12.1 Å². The van der Waals surface area contributed by atoms with Gasteiger partial charge in [-0.15, -0.1) is 0 Å². The van der Waals surface area contributed by atoms with E-state index in [9.17, 15) is 14.3 Å². The SMILES string of the molecule is O=C(NCC(O)c1cc(F)cc(Cl)c1)OCC1c2ccccc2-c2ccccc21. The molecule has 1 aliphatic rings. The second-order valence-corrected chi connectivity index (χ2v) is 7.36. The van der Waals surface area contributed by atoms with Gasteiger partial charge in [0, 0.05) is 10.9 Å². The Bertz CT molecular complexity index is 990. The van der Waals surface area contributed by atoms with E-state index in [-0.39, 0.29) is 29.7 Å². The average molecular weight is 412 g/mol. The summed E-state index contributed by atoms with van der Waals surface area (Å²) in [5.74, 6) is -0.590. The van der Waals surface area contributed by atoms with Crippen molar-refractivity contribution < 1.29 is 19.0 Å². The van der Waals surface area contributed by atoms with Crippen molar-refractivity contribution in [2.45, 2.75) is 12.0 Å². The number of hydrogen-bond acceptors (Lipinski definition) is 3. The monoisotopic (exact) mass is 411 g/mol. The number of benzene rings is 3. The molecule has 0 radical (unpaired) electrons. The summed E-state index contributed by atoms with van der Waals surface area (Å²) in [4.78, 5) is 12.1. The highest BCUT2D eigenvalue weighted by molar-refractivity contribution is 6.30. The highest BCUT2D eigenvalue weighted by Gasteiger charge is 2.29. The third-order valence-corrected chi connectivity index (χ3v) is 5.27. The van der Waals surface area contributed by atoms with Gasteiger partial charge >= 0.3 is 6.09 Å². The highest BCUT2D eigenvalue weighted by atomic mass is 35.5. The Kier molecular flexibility index (Phi) is 5.51. The van der Waals surface area contributed by atoms with E-state index in [0.29, 0.717) is 0 Å². The van der Waals surface area contributed by atoms with Crippen molar-refractivity contribution in [3.8, 4) is 11.1 Å². The van der Waals surface area contributed by atoms with Crippen molar-refractivity contribution >= 4 is 17.7 Å². The second-order valence-electron chi connectivity index (χ2n) is 6.93. The Morgan fingerprint density at radius 2 is 1.69 bits per heavy atom. The molecule has 0 spiro atoms. The molecule has 3 aromatic carbocycles. The molecule has 0 bridgehead atoms. The Labute approximate surface area is 172 Å². The third kappa shape index (κ3) is 4.11. The van der Waals surface area contributed by atoms with Crippen LogP contribution in [0.25, 0.3) is 11.1 Å². The minimum atomic E-state index is -1.09. The zero-order chi connectivity index (χ0) is 20.4. The van der Waals surface area contributed by atoms with E-state index in [1.54, 1.807) is 0 Å². The predicted octanol–water partition coefficient (Wildman–Crippen LogP) is 5.05. The number of carbonyl (C=O) groups is 1. The molecule has 1 amide bonds. The van der Waals surface area contributed by atoms with E-state index in [1.807, 2.05) is 36.4 Å².